The van der Waals surface area contributed by atoms with Crippen molar-refractivity contribution in [1.82, 2.24) is 14.9 Å². The summed E-state index contributed by atoms with van der Waals surface area (Å²) < 4.78 is 41.7. The zero-order chi connectivity index (χ0) is 20.6. The topological polar surface area (TPSA) is 99.2 Å². The normalized spacial score (nSPS) is 17.6. The molecule has 30 heavy (non-hydrogen) atoms. The maximum absolute atomic E-state index is 12.8. The van der Waals surface area contributed by atoms with Gasteiger partial charge in [-0.2, -0.15) is 5.10 Å². The maximum Gasteiger partial charge on any atom is 0.234 e. The summed E-state index contributed by atoms with van der Waals surface area (Å²) >= 11 is 0. The van der Waals surface area contributed by atoms with Crippen molar-refractivity contribution in [2.24, 2.45) is 5.92 Å². The predicted octanol–water partition coefficient (Wildman–Crippen LogP) is 3.72. The molecule has 3 heterocycles. The van der Waals surface area contributed by atoms with Gasteiger partial charge >= 0.3 is 0 Å². The van der Waals surface area contributed by atoms with Crippen LogP contribution in [0.15, 0.2) is 29.0 Å². The van der Waals surface area contributed by atoms with Gasteiger partial charge in [0.15, 0.2) is 11.4 Å². The van der Waals surface area contributed by atoms with E-state index in [1.54, 1.807) is 6.20 Å². The van der Waals surface area contributed by atoms with Gasteiger partial charge in [-0.15, -0.1) is 0 Å². The zero-order valence-corrected chi connectivity index (χ0v) is 17.7. The van der Waals surface area contributed by atoms with Gasteiger partial charge in [-0.25, -0.2) is 8.42 Å². The van der Waals surface area contributed by atoms with Crippen LogP contribution in [0.3, 0.4) is 0 Å². The Morgan fingerprint density at radius 3 is 2.87 bits per heavy atom. The molecule has 1 aliphatic heterocycles. The number of aromatic nitrogens is 3. The van der Waals surface area contributed by atoms with Crippen molar-refractivity contribution < 1.29 is 17.7 Å². The van der Waals surface area contributed by atoms with Crippen LogP contribution in [-0.2, 0) is 23.0 Å². The molecule has 0 amide bonds. The van der Waals surface area contributed by atoms with Crippen molar-refractivity contribution in [3.8, 4) is 5.75 Å². The molecular formula is C21H26N4O4S. The molecule has 0 radical (unpaired) electrons. The molecule has 160 valence electrons. The Labute approximate surface area is 175 Å². The second-order valence-electron chi connectivity index (χ2n) is 8.29. The van der Waals surface area contributed by atoms with Crippen LogP contribution >= 0.6 is 0 Å². The lowest BCUT2D eigenvalue weighted by Crippen LogP contribution is -2.24. The lowest BCUT2D eigenvalue weighted by atomic mass is 9.91. The Balaban J connectivity index is 1.48. The highest BCUT2D eigenvalue weighted by atomic mass is 32.2. The van der Waals surface area contributed by atoms with E-state index in [1.165, 1.54) is 6.42 Å². The van der Waals surface area contributed by atoms with E-state index >= 15 is 0 Å². The Morgan fingerprint density at radius 2 is 2.07 bits per heavy atom. The fourth-order valence-corrected chi connectivity index (χ4v) is 6.12. The minimum Gasteiger partial charge on any atom is -0.492 e. The van der Waals surface area contributed by atoms with E-state index in [0.717, 1.165) is 49.7 Å². The minimum atomic E-state index is -3.52. The molecule has 2 aromatic heterocycles. The van der Waals surface area contributed by atoms with Gasteiger partial charge in [0.1, 0.15) is 11.1 Å². The van der Waals surface area contributed by atoms with Crippen LogP contribution in [0.25, 0.3) is 11.0 Å². The van der Waals surface area contributed by atoms with Crippen LogP contribution in [0.4, 0.5) is 5.82 Å². The van der Waals surface area contributed by atoms with Crippen molar-refractivity contribution in [3.63, 3.8) is 0 Å². The predicted molar refractivity (Wildman–Crippen MR) is 113 cm³/mol. The van der Waals surface area contributed by atoms with Crippen molar-refractivity contribution in [2.75, 3.05) is 17.1 Å². The summed E-state index contributed by atoms with van der Waals surface area (Å²) in [5, 5.41) is 8.95. The quantitative estimate of drug-likeness (QED) is 0.640. The van der Waals surface area contributed by atoms with Crippen LogP contribution in [0.5, 0.6) is 5.75 Å². The zero-order valence-electron chi connectivity index (χ0n) is 16.8. The summed E-state index contributed by atoms with van der Waals surface area (Å²) in [7, 11) is -3.52. The molecule has 1 fully saturated rings. The molecule has 1 aliphatic carbocycles. The smallest absolute Gasteiger partial charge is 0.234 e. The largest absolute Gasteiger partial charge is 0.492 e. The van der Waals surface area contributed by atoms with Gasteiger partial charge in [-0.1, -0.05) is 24.4 Å². The molecule has 0 unspecified atom stereocenters. The van der Waals surface area contributed by atoms with Crippen LogP contribution < -0.4 is 9.46 Å². The van der Waals surface area contributed by atoms with Gasteiger partial charge < -0.3 is 9.26 Å². The average Bonchev–Trinajstić information content (AvgIpc) is 3.38. The van der Waals surface area contributed by atoms with Gasteiger partial charge in [-0.05, 0) is 49.3 Å². The SMILES string of the molecule is O=S(=O)(CC1CCCCC1)Nc1noc2cc(Cn3cccn3)c3c(c12)OCCC3. The Kier molecular flexibility index (Phi) is 5.14. The third-order valence-electron chi connectivity index (χ3n) is 6.05. The van der Waals surface area contributed by atoms with E-state index in [9.17, 15) is 8.42 Å². The molecule has 9 heteroatoms. The van der Waals surface area contributed by atoms with Gasteiger partial charge in [0.05, 0.1) is 18.9 Å². The highest BCUT2D eigenvalue weighted by Crippen LogP contribution is 2.41. The molecule has 8 nitrogen and oxygen atoms in total. The molecular weight excluding hydrogens is 404 g/mol. The minimum absolute atomic E-state index is 0.127. The van der Waals surface area contributed by atoms with E-state index in [0.29, 0.717) is 29.9 Å². The summed E-state index contributed by atoms with van der Waals surface area (Å²) in [5.74, 6) is 1.24. The third kappa shape index (κ3) is 3.90. The van der Waals surface area contributed by atoms with E-state index in [4.69, 9.17) is 9.26 Å². The number of nitrogens with zero attached hydrogens (tertiary/aromatic N) is 3. The van der Waals surface area contributed by atoms with Gasteiger partial charge in [-0.3, -0.25) is 9.40 Å². The van der Waals surface area contributed by atoms with Crippen molar-refractivity contribution in [2.45, 2.75) is 51.5 Å². The molecule has 5 rings (SSSR count). The summed E-state index contributed by atoms with van der Waals surface area (Å²) in [4.78, 5) is 0. The van der Waals surface area contributed by atoms with Crippen LogP contribution in [0.2, 0.25) is 0 Å². The monoisotopic (exact) mass is 430 g/mol. The Bertz CT molecular complexity index is 1130. The number of fused-ring (bicyclic) bond motifs is 3. The van der Waals surface area contributed by atoms with Gasteiger partial charge in [0.25, 0.3) is 0 Å². The number of benzene rings is 1. The van der Waals surface area contributed by atoms with E-state index in [1.807, 2.05) is 23.0 Å². The van der Waals surface area contributed by atoms with E-state index in [-0.39, 0.29) is 17.5 Å². The second-order valence-corrected chi connectivity index (χ2v) is 10.1. The van der Waals surface area contributed by atoms with Crippen molar-refractivity contribution in [1.29, 1.82) is 0 Å². The summed E-state index contributed by atoms with van der Waals surface area (Å²) in [5.41, 5.74) is 2.64. The van der Waals surface area contributed by atoms with Crippen molar-refractivity contribution >= 4 is 26.8 Å². The van der Waals surface area contributed by atoms with Crippen LogP contribution in [0.1, 0.15) is 49.7 Å². The molecule has 0 bridgehead atoms. The first-order valence-corrected chi connectivity index (χ1v) is 12.3. The Hall–Kier alpha value is -2.55. The molecule has 1 saturated carbocycles. The number of sulfonamides is 1. The first kappa shape index (κ1) is 19.4. The molecule has 0 spiro atoms. The molecule has 0 atom stereocenters. The summed E-state index contributed by atoms with van der Waals surface area (Å²) in [6, 6.07) is 3.81. The Morgan fingerprint density at radius 1 is 1.20 bits per heavy atom. The number of anilines is 1. The molecule has 0 saturated heterocycles. The number of hydrogen-bond donors (Lipinski definition) is 1. The molecule has 1 N–H and O–H groups in total. The fraction of sp³-hybridized carbons (Fsp3) is 0.524. The first-order valence-electron chi connectivity index (χ1n) is 10.6. The number of ether oxygens (including phenoxy) is 1. The first-order chi connectivity index (χ1) is 14.6. The molecule has 3 aromatic rings. The van der Waals surface area contributed by atoms with Gasteiger partial charge in [0.2, 0.25) is 10.0 Å². The van der Waals surface area contributed by atoms with Gasteiger partial charge in [0, 0.05) is 18.0 Å². The van der Waals surface area contributed by atoms with Crippen LogP contribution in [0, 0.1) is 5.92 Å². The number of rotatable bonds is 6. The molecule has 2 aliphatic rings. The highest BCUT2D eigenvalue weighted by molar-refractivity contribution is 7.92. The van der Waals surface area contributed by atoms with E-state index < -0.39 is 10.0 Å². The second kappa shape index (κ2) is 7.94. The maximum atomic E-state index is 12.8. The van der Waals surface area contributed by atoms with Crippen molar-refractivity contribution in [3.05, 3.63) is 35.7 Å². The third-order valence-corrected chi connectivity index (χ3v) is 7.47. The average molecular weight is 431 g/mol. The number of hydrogen-bond acceptors (Lipinski definition) is 6. The highest BCUT2D eigenvalue weighted by Gasteiger charge is 2.27. The fourth-order valence-electron chi connectivity index (χ4n) is 4.65. The summed E-state index contributed by atoms with van der Waals surface area (Å²) in [6.45, 7) is 1.19. The van der Waals surface area contributed by atoms with E-state index in [2.05, 4.69) is 15.0 Å². The standard InChI is InChI=1S/C21H26N4O4S/c26-30(27,14-15-6-2-1-3-7-15)24-21-19-18(29-23-21)12-16(13-25-10-5-9-22-25)17-8-4-11-28-20(17)19/h5,9-10,12,15H,1-4,6-8,11,13-14H2,(H,23,24). The lowest BCUT2D eigenvalue weighted by Gasteiger charge is -2.22. The summed E-state index contributed by atoms with van der Waals surface area (Å²) in [6.07, 6.45) is 10.8. The lowest BCUT2D eigenvalue weighted by molar-refractivity contribution is 0.291. The number of nitrogens with one attached hydrogen (secondary N) is 1. The molecule has 1 aromatic carbocycles. The van der Waals surface area contributed by atoms with Crippen LogP contribution in [-0.4, -0.2) is 35.7 Å².